The summed E-state index contributed by atoms with van der Waals surface area (Å²) in [7, 11) is 0. The van der Waals surface area contributed by atoms with Crippen LogP contribution in [0.15, 0.2) is 18.2 Å². The van der Waals surface area contributed by atoms with Gasteiger partial charge in [-0.05, 0) is 38.1 Å². The molecule has 1 aliphatic rings. The number of nitrogens with one attached hydrogen (secondary N) is 1. The Morgan fingerprint density at radius 1 is 1.60 bits per heavy atom. The van der Waals surface area contributed by atoms with Gasteiger partial charge in [-0.1, -0.05) is 6.92 Å². The molecule has 1 unspecified atom stereocenters. The van der Waals surface area contributed by atoms with Crippen LogP contribution in [0.3, 0.4) is 0 Å². The van der Waals surface area contributed by atoms with Gasteiger partial charge in [0.2, 0.25) is 0 Å². The van der Waals surface area contributed by atoms with Crippen molar-refractivity contribution in [2.75, 3.05) is 25.0 Å². The van der Waals surface area contributed by atoms with Gasteiger partial charge >= 0.3 is 0 Å². The van der Waals surface area contributed by atoms with E-state index in [0.29, 0.717) is 23.8 Å². The molecule has 6 nitrogen and oxygen atoms in total. The number of hydrogen-bond acceptors (Lipinski definition) is 5. The Hall–Kier alpha value is -2.13. The lowest BCUT2D eigenvalue weighted by atomic mass is 10.1. The SMILES string of the molecule is CCN1CCCC1CNc1ccc(C#N)cc1[N+](=O)[O-]. The quantitative estimate of drug-likeness (QED) is 0.658. The Morgan fingerprint density at radius 2 is 2.40 bits per heavy atom. The maximum atomic E-state index is 11.1. The molecule has 1 fully saturated rings. The largest absolute Gasteiger partial charge is 0.378 e. The zero-order valence-corrected chi connectivity index (χ0v) is 11.5. The van der Waals surface area contributed by atoms with Crippen LogP contribution in [0.1, 0.15) is 25.3 Å². The van der Waals surface area contributed by atoms with Crippen LogP contribution in [0, 0.1) is 21.4 Å². The zero-order valence-electron chi connectivity index (χ0n) is 11.5. The van der Waals surface area contributed by atoms with Gasteiger partial charge < -0.3 is 5.32 Å². The first-order chi connectivity index (χ1) is 9.65. The van der Waals surface area contributed by atoms with Crippen molar-refractivity contribution in [1.29, 1.82) is 5.26 Å². The average molecular weight is 274 g/mol. The molecule has 1 aromatic rings. The first kappa shape index (κ1) is 14.3. The molecule has 0 amide bonds. The normalized spacial score (nSPS) is 18.7. The van der Waals surface area contributed by atoms with E-state index in [-0.39, 0.29) is 5.69 Å². The zero-order chi connectivity index (χ0) is 14.5. The number of benzene rings is 1. The number of nitriles is 1. The van der Waals surface area contributed by atoms with E-state index in [0.717, 1.165) is 19.5 Å². The number of nitro groups is 1. The number of likely N-dealkylation sites (tertiary alicyclic amines) is 1. The summed E-state index contributed by atoms with van der Waals surface area (Å²) >= 11 is 0. The van der Waals surface area contributed by atoms with Gasteiger partial charge in [0.1, 0.15) is 5.69 Å². The van der Waals surface area contributed by atoms with Crippen LogP contribution in [0.4, 0.5) is 11.4 Å². The van der Waals surface area contributed by atoms with Crippen LogP contribution in [0.25, 0.3) is 0 Å². The summed E-state index contributed by atoms with van der Waals surface area (Å²) in [5.74, 6) is 0. The predicted octanol–water partition coefficient (Wildman–Crippen LogP) is 2.36. The molecule has 0 saturated carbocycles. The van der Waals surface area contributed by atoms with E-state index in [9.17, 15) is 10.1 Å². The second kappa shape index (κ2) is 6.35. The van der Waals surface area contributed by atoms with Gasteiger partial charge in [-0.25, -0.2) is 0 Å². The molecule has 0 spiro atoms. The van der Waals surface area contributed by atoms with Crippen molar-refractivity contribution in [2.24, 2.45) is 0 Å². The molecule has 0 bridgehead atoms. The van der Waals surface area contributed by atoms with Crippen molar-refractivity contribution in [2.45, 2.75) is 25.8 Å². The minimum atomic E-state index is -0.449. The third-order valence-electron chi connectivity index (χ3n) is 3.76. The smallest absolute Gasteiger partial charge is 0.293 e. The summed E-state index contributed by atoms with van der Waals surface area (Å²) in [6, 6.07) is 6.87. The van der Waals surface area contributed by atoms with Crippen LogP contribution in [0.5, 0.6) is 0 Å². The molecule has 0 radical (unpaired) electrons. The molecular weight excluding hydrogens is 256 g/mol. The second-order valence-corrected chi connectivity index (χ2v) is 4.91. The Bertz CT molecular complexity index is 538. The minimum Gasteiger partial charge on any atom is -0.378 e. The fraction of sp³-hybridized carbons (Fsp3) is 0.500. The lowest BCUT2D eigenvalue weighted by Gasteiger charge is -2.23. The molecule has 1 aliphatic heterocycles. The fourth-order valence-electron chi connectivity index (χ4n) is 2.67. The third kappa shape index (κ3) is 3.06. The highest BCUT2D eigenvalue weighted by Gasteiger charge is 2.23. The van der Waals surface area contributed by atoms with Crippen molar-refractivity contribution in [3.05, 3.63) is 33.9 Å². The minimum absolute atomic E-state index is 0.0369. The summed E-state index contributed by atoms with van der Waals surface area (Å²) in [4.78, 5) is 13.0. The van der Waals surface area contributed by atoms with Crippen LogP contribution in [-0.4, -0.2) is 35.5 Å². The number of likely N-dealkylation sites (N-methyl/N-ethyl adjacent to an activating group) is 1. The second-order valence-electron chi connectivity index (χ2n) is 4.91. The van der Waals surface area contributed by atoms with E-state index in [1.807, 2.05) is 6.07 Å². The molecule has 1 atom stereocenters. The molecule has 6 heteroatoms. The molecule has 1 aromatic carbocycles. The maximum absolute atomic E-state index is 11.1. The maximum Gasteiger partial charge on any atom is 0.293 e. The highest BCUT2D eigenvalue weighted by Crippen LogP contribution is 2.26. The van der Waals surface area contributed by atoms with Crippen LogP contribution in [-0.2, 0) is 0 Å². The van der Waals surface area contributed by atoms with Gasteiger partial charge in [0.15, 0.2) is 0 Å². The van der Waals surface area contributed by atoms with Gasteiger partial charge in [0, 0.05) is 18.7 Å². The van der Waals surface area contributed by atoms with Crippen molar-refractivity contribution in [1.82, 2.24) is 4.90 Å². The molecule has 1 heterocycles. The van der Waals surface area contributed by atoms with Gasteiger partial charge in [0.05, 0.1) is 16.6 Å². The molecule has 106 valence electrons. The summed E-state index contributed by atoms with van der Waals surface area (Å²) in [5.41, 5.74) is 0.750. The molecule has 0 aromatic heterocycles. The molecule has 1 saturated heterocycles. The van der Waals surface area contributed by atoms with Crippen molar-refractivity contribution < 1.29 is 4.92 Å². The number of nitro benzene ring substituents is 1. The van der Waals surface area contributed by atoms with E-state index in [4.69, 9.17) is 5.26 Å². The lowest BCUT2D eigenvalue weighted by Crippen LogP contribution is -2.34. The Labute approximate surface area is 118 Å². The number of rotatable bonds is 5. The monoisotopic (exact) mass is 274 g/mol. The number of anilines is 1. The average Bonchev–Trinajstić information content (AvgIpc) is 2.92. The fourth-order valence-corrected chi connectivity index (χ4v) is 2.67. The standard InChI is InChI=1S/C14H18N4O2/c1-2-17-7-3-4-12(17)10-16-13-6-5-11(9-15)8-14(13)18(19)20/h5-6,8,12,16H,2-4,7,10H2,1H3. The van der Waals surface area contributed by atoms with E-state index < -0.39 is 4.92 Å². The van der Waals surface area contributed by atoms with Crippen LogP contribution in [0.2, 0.25) is 0 Å². The Balaban J connectivity index is 2.09. The summed E-state index contributed by atoms with van der Waals surface area (Å²) in [6.45, 7) is 4.92. The predicted molar refractivity (Wildman–Crippen MR) is 76.6 cm³/mol. The van der Waals surface area contributed by atoms with Gasteiger partial charge in [-0.3, -0.25) is 15.0 Å². The first-order valence-corrected chi connectivity index (χ1v) is 6.82. The highest BCUT2D eigenvalue weighted by molar-refractivity contribution is 5.64. The van der Waals surface area contributed by atoms with Crippen LogP contribution < -0.4 is 5.32 Å². The molecular formula is C14H18N4O2. The van der Waals surface area contributed by atoms with Gasteiger partial charge in [-0.2, -0.15) is 5.26 Å². The van der Waals surface area contributed by atoms with Gasteiger partial charge in [-0.15, -0.1) is 0 Å². The molecule has 1 N–H and O–H groups in total. The number of hydrogen-bond donors (Lipinski definition) is 1. The first-order valence-electron chi connectivity index (χ1n) is 6.82. The van der Waals surface area contributed by atoms with E-state index >= 15 is 0 Å². The van der Waals surface area contributed by atoms with E-state index in [1.165, 1.54) is 12.5 Å². The third-order valence-corrected chi connectivity index (χ3v) is 3.76. The van der Waals surface area contributed by atoms with Crippen molar-refractivity contribution in [3.63, 3.8) is 0 Å². The van der Waals surface area contributed by atoms with E-state index in [1.54, 1.807) is 12.1 Å². The topological polar surface area (TPSA) is 82.2 Å². The molecule has 20 heavy (non-hydrogen) atoms. The van der Waals surface area contributed by atoms with Gasteiger partial charge in [0.25, 0.3) is 5.69 Å². The molecule has 2 rings (SSSR count). The summed E-state index contributed by atoms with van der Waals surface area (Å²) < 4.78 is 0. The molecule has 0 aliphatic carbocycles. The number of nitrogens with zero attached hydrogens (tertiary/aromatic N) is 3. The van der Waals surface area contributed by atoms with Crippen LogP contribution >= 0.6 is 0 Å². The Morgan fingerprint density at radius 3 is 3.05 bits per heavy atom. The highest BCUT2D eigenvalue weighted by atomic mass is 16.6. The lowest BCUT2D eigenvalue weighted by molar-refractivity contribution is -0.384. The van der Waals surface area contributed by atoms with Crippen molar-refractivity contribution in [3.8, 4) is 6.07 Å². The van der Waals surface area contributed by atoms with Crippen molar-refractivity contribution >= 4 is 11.4 Å². The Kier molecular flexibility index (Phi) is 4.53. The van der Waals surface area contributed by atoms with E-state index in [2.05, 4.69) is 17.1 Å². The summed E-state index contributed by atoms with van der Waals surface area (Å²) in [6.07, 6.45) is 2.29. The summed E-state index contributed by atoms with van der Waals surface area (Å²) in [5, 5.41) is 23.0.